The Hall–Kier alpha value is -2.30. The number of hydrogen-bond donors (Lipinski definition) is 1. The maximum atomic E-state index is 12.2. The quantitative estimate of drug-likeness (QED) is 0.801. The Morgan fingerprint density at radius 2 is 2.05 bits per heavy atom. The van der Waals surface area contributed by atoms with Crippen LogP contribution in [0.15, 0.2) is 29.2 Å². The van der Waals surface area contributed by atoms with Gasteiger partial charge in [-0.05, 0) is 25.0 Å². The fraction of sp³-hybridized carbons (Fsp3) is 0.375. The molecular formula is C16H19N3O2. The molecule has 3 rings (SSSR count). The zero-order chi connectivity index (χ0) is 15.0. The maximum absolute atomic E-state index is 12.2. The molecule has 1 aromatic carbocycles. The summed E-state index contributed by atoms with van der Waals surface area (Å²) >= 11 is 0. The minimum Gasteiger partial charge on any atom is -0.497 e. The van der Waals surface area contributed by atoms with E-state index >= 15 is 0 Å². The molecule has 0 spiro atoms. The number of benzene rings is 1. The van der Waals surface area contributed by atoms with Gasteiger partial charge in [-0.3, -0.25) is 9.20 Å². The highest BCUT2D eigenvalue weighted by molar-refractivity contribution is 5.79. The van der Waals surface area contributed by atoms with Gasteiger partial charge in [-0.2, -0.15) is 0 Å². The third-order valence-electron chi connectivity index (χ3n) is 4.07. The third kappa shape index (κ3) is 2.09. The molecule has 0 saturated carbocycles. The number of fused-ring (bicyclic) bond motifs is 3. The van der Waals surface area contributed by atoms with Gasteiger partial charge in [0, 0.05) is 12.0 Å². The molecule has 1 N–H and O–H groups in total. The van der Waals surface area contributed by atoms with Crippen LogP contribution in [0.1, 0.15) is 38.4 Å². The molecule has 2 heterocycles. The van der Waals surface area contributed by atoms with Crippen LogP contribution in [0.5, 0.6) is 5.75 Å². The average Bonchev–Trinajstić information content (AvgIpc) is 2.94. The Kier molecular flexibility index (Phi) is 3.41. The Labute approximate surface area is 122 Å². The molecule has 5 nitrogen and oxygen atoms in total. The van der Waals surface area contributed by atoms with Crippen molar-refractivity contribution in [2.45, 2.75) is 32.6 Å². The molecule has 0 radical (unpaired) electrons. The Balaban J connectivity index is 2.43. The van der Waals surface area contributed by atoms with Crippen LogP contribution in [0.3, 0.4) is 0 Å². The summed E-state index contributed by atoms with van der Waals surface area (Å²) in [4.78, 5) is 19.6. The number of aromatic nitrogens is 3. The molecule has 0 unspecified atom stereocenters. The van der Waals surface area contributed by atoms with Gasteiger partial charge in [0.1, 0.15) is 17.1 Å². The highest BCUT2D eigenvalue weighted by atomic mass is 16.5. The van der Waals surface area contributed by atoms with E-state index in [2.05, 4.69) is 23.8 Å². The van der Waals surface area contributed by atoms with Gasteiger partial charge in [0.25, 0.3) is 5.56 Å². The van der Waals surface area contributed by atoms with E-state index in [1.165, 1.54) is 0 Å². The Bertz CT molecular complexity index is 844. The molecule has 0 amide bonds. The fourth-order valence-corrected chi connectivity index (χ4v) is 2.84. The minimum atomic E-state index is -0.114. The molecule has 0 aliphatic rings. The first-order valence-electron chi connectivity index (χ1n) is 7.27. The first kappa shape index (κ1) is 13.7. The second kappa shape index (κ2) is 5.24. The zero-order valence-electron chi connectivity index (χ0n) is 12.5. The molecule has 0 aliphatic carbocycles. The van der Waals surface area contributed by atoms with Crippen molar-refractivity contribution in [2.24, 2.45) is 0 Å². The lowest BCUT2D eigenvalue weighted by molar-refractivity contribution is 0.415. The van der Waals surface area contributed by atoms with E-state index in [9.17, 15) is 4.79 Å². The first-order valence-corrected chi connectivity index (χ1v) is 7.27. The number of nitrogens with one attached hydrogen (secondary N) is 1. The standard InChI is InChI=1S/C16H19N3O2/c1-4-10(5-2)15-17-9-14-16(20)18-12-7-6-11(21-3)8-13(12)19(14)15/h6-10H,4-5H2,1-3H3,(H,18,20). The van der Waals surface area contributed by atoms with E-state index in [0.29, 0.717) is 11.4 Å². The number of nitrogens with zero attached hydrogens (tertiary/aromatic N) is 2. The number of aromatic amines is 1. The molecule has 0 bridgehead atoms. The van der Waals surface area contributed by atoms with Crippen molar-refractivity contribution in [1.29, 1.82) is 0 Å². The number of methoxy groups -OCH3 is 1. The van der Waals surface area contributed by atoms with Crippen molar-refractivity contribution in [2.75, 3.05) is 7.11 Å². The van der Waals surface area contributed by atoms with Crippen LogP contribution in [0, 0.1) is 0 Å². The topological polar surface area (TPSA) is 59.4 Å². The van der Waals surface area contributed by atoms with Gasteiger partial charge in [-0.25, -0.2) is 4.98 Å². The van der Waals surface area contributed by atoms with E-state index in [0.717, 1.165) is 35.4 Å². The molecule has 0 fully saturated rings. The lowest BCUT2D eigenvalue weighted by Gasteiger charge is -2.13. The van der Waals surface area contributed by atoms with Crippen LogP contribution in [0.2, 0.25) is 0 Å². The van der Waals surface area contributed by atoms with E-state index < -0.39 is 0 Å². The molecule has 0 saturated heterocycles. The molecule has 0 aliphatic heterocycles. The summed E-state index contributed by atoms with van der Waals surface area (Å²) in [5.41, 5.74) is 2.18. The molecular weight excluding hydrogens is 266 g/mol. The highest BCUT2D eigenvalue weighted by Gasteiger charge is 2.17. The SMILES string of the molecule is CCC(CC)c1ncc2c(=O)[nH]c3ccc(OC)cc3n12. The second-order valence-corrected chi connectivity index (χ2v) is 5.19. The van der Waals surface area contributed by atoms with E-state index in [4.69, 9.17) is 4.74 Å². The van der Waals surface area contributed by atoms with Gasteiger partial charge in [-0.1, -0.05) is 13.8 Å². The lowest BCUT2D eigenvalue weighted by atomic mass is 10.0. The summed E-state index contributed by atoms with van der Waals surface area (Å²) < 4.78 is 7.27. The second-order valence-electron chi connectivity index (χ2n) is 5.19. The third-order valence-corrected chi connectivity index (χ3v) is 4.07. The first-order chi connectivity index (χ1) is 10.2. The van der Waals surface area contributed by atoms with Gasteiger partial charge in [0.05, 0.1) is 24.3 Å². The number of imidazole rings is 1. The monoisotopic (exact) mass is 285 g/mol. The number of hydrogen-bond acceptors (Lipinski definition) is 3. The summed E-state index contributed by atoms with van der Waals surface area (Å²) in [7, 11) is 1.64. The fourth-order valence-electron chi connectivity index (χ4n) is 2.84. The number of H-pyrrole nitrogens is 1. The zero-order valence-corrected chi connectivity index (χ0v) is 12.5. The van der Waals surface area contributed by atoms with Crippen LogP contribution in [0.4, 0.5) is 0 Å². The molecule has 3 aromatic rings. The normalized spacial score (nSPS) is 11.6. The number of rotatable bonds is 4. The molecule has 110 valence electrons. The summed E-state index contributed by atoms with van der Waals surface area (Å²) in [5.74, 6) is 2.04. The molecule has 0 atom stereocenters. The van der Waals surface area contributed by atoms with Crippen molar-refractivity contribution in [1.82, 2.24) is 14.4 Å². The van der Waals surface area contributed by atoms with Crippen LogP contribution in [-0.2, 0) is 0 Å². The van der Waals surface area contributed by atoms with E-state index in [1.54, 1.807) is 13.3 Å². The van der Waals surface area contributed by atoms with Crippen molar-refractivity contribution in [3.8, 4) is 5.75 Å². The van der Waals surface area contributed by atoms with Gasteiger partial charge in [0.2, 0.25) is 0 Å². The smallest absolute Gasteiger partial charge is 0.274 e. The van der Waals surface area contributed by atoms with Crippen LogP contribution in [-0.4, -0.2) is 21.5 Å². The van der Waals surface area contributed by atoms with Crippen molar-refractivity contribution < 1.29 is 4.74 Å². The molecule has 5 heteroatoms. The summed E-state index contributed by atoms with van der Waals surface area (Å²) in [6.07, 6.45) is 3.65. The molecule has 21 heavy (non-hydrogen) atoms. The highest BCUT2D eigenvalue weighted by Crippen LogP contribution is 2.26. The molecule has 2 aromatic heterocycles. The van der Waals surface area contributed by atoms with Crippen LogP contribution >= 0.6 is 0 Å². The van der Waals surface area contributed by atoms with E-state index in [1.807, 2.05) is 22.6 Å². The summed E-state index contributed by atoms with van der Waals surface area (Å²) in [6.45, 7) is 4.29. The largest absolute Gasteiger partial charge is 0.497 e. The minimum absolute atomic E-state index is 0.114. The average molecular weight is 285 g/mol. The van der Waals surface area contributed by atoms with Gasteiger partial charge >= 0.3 is 0 Å². The van der Waals surface area contributed by atoms with Crippen molar-refractivity contribution in [3.05, 3.63) is 40.6 Å². The van der Waals surface area contributed by atoms with Crippen LogP contribution in [0.25, 0.3) is 16.6 Å². The van der Waals surface area contributed by atoms with Crippen molar-refractivity contribution >= 4 is 16.6 Å². The lowest BCUT2D eigenvalue weighted by Crippen LogP contribution is -2.12. The predicted molar refractivity (Wildman–Crippen MR) is 83.2 cm³/mol. The van der Waals surface area contributed by atoms with E-state index in [-0.39, 0.29) is 5.56 Å². The maximum Gasteiger partial charge on any atom is 0.274 e. The van der Waals surface area contributed by atoms with Gasteiger partial charge in [0.15, 0.2) is 0 Å². The number of ether oxygens (including phenoxy) is 1. The van der Waals surface area contributed by atoms with Gasteiger partial charge < -0.3 is 9.72 Å². The predicted octanol–water partition coefficient (Wildman–Crippen LogP) is 3.09. The van der Waals surface area contributed by atoms with Crippen LogP contribution < -0.4 is 10.3 Å². The summed E-state index contributed by atoms with van der Waals surface area (Å²) in [6, 6.07) is 5.65. The Morgan fingerprint density at radius 1 is 1.29 bits per heavy atom. The Morgan fingerprint density at radius 3 is 2.71 bits per heavy atom. The van der Waals surface area contributed by atoms with Crippen molar-refractivity contribution in [3.63, 3.8) is 0 Å². The summed E-state index contributed by atoms with van der Waals surface area (Å²) in [5, 5.41) is 0. The van der Waals surface area contributed by atoms with Gasteiger partial charge in [-0.15, -0.1) is 0 Å².